The lowest BCUT2D eigenvalue weighted by Crippen LogP contribution is -2.25. The Kier molecular flexibility index (Phi) is 5.56. The van der Waals surface area contributed by atoms with Crippen LogP contribution in [0.15, 0.2) is 12.4 Å². The van der Waals surface area contributed by atoms with Gasteiger partial charge in [0.1, 0.15) is 17.3 Å². The molecular weight excluding hydrogens is 228 g/mol. The number of rotatable bonds is 6. The lowest BCUT2D eigenvalue weighted by atomic mass is 10.3. The number of amides is 1. The molecule has 1 aromatic rings. The first-order valence-corrected chi connectivity index (χ1v) is 5.58. The van der Waals surface area contributed by atoms with Crippen molar-refractivity contribution in [1.29, 1.82) is 0 Å². The van der Waals surface area contributed by atoms with Crippen LogP contribution in [0.3, 0.4) is 0 Å². The van der Waals surface area contributed by atoms with Crippen LogP contribution >= 0.6 is 11.6 Å². The molecule has 1 rings (SSSR count). The van der Waals surface area contributed by atoms with Gasteiger partial charge in [0.05, 0.1) is 0 Å². The maximum Gasteiger partial charge on any atom is 0.221 e. The topological polar surface area (TPSA) is 66.9 Å². The monoisotopic (exact) mass is 242 g/mol. The van der Waals surface area contributed by atoms with E-state index < -0.39 is 0 Å². The van der Waals surface area contributed by atoms with E-state index in [4.69, 9.17) is 11.6 Å². The minimum Gasteiger partial charge on any atom is -0.369 e. The summed E-state index contributed by atoms with van der Waals surface area (Å²) in [4.78, 5) is 19.0. The van der Waals surface area contributed by atoms with Gasteiger partial charge in [0.25, 0.3) is 0 Å². The van der Waals surface area contributed by atoms with E-state index in [0.717, 1.165) is 13.0 Å². The fourth-order valence-corrected chi connectivity index (χ4v) is 1.23. The summed E-state index contributed by atoms with van der Waals surface area (Å²) in [6.07, 6.45) is 2.74. The lowest BCUT2D eigenvalue weighted by Gasteiger charge is -2.05. The van der Waals surface area contributed by atoms with Crippen LogP contribution in [-0.4, -0.2) is 29.0 Å². The van der Waals surface area contributed by atoms with Crippen molar-refractivity contribution >= 4 is 23.3 Å². The predicted molar refractivity (Wildman–Crippen MR) is 63.4 cm³/mol. The molecule has 0 bridgehead atoms. The molecule has 0 saturated carbocycles. The zero-order chi connectivity index (χ0) is 11.8. The zero-order valence-electron chi connectivity index (χ0n) is 9.16. The van der Waals surface area contributed by atoms with Crippen LogP contribution in [0.2, 0.25) is 5.15 Å². The van der Waals surface area contributed by atoms with Crippen molar-refractivity contribution in [2.75, 3.05) is 18.4 Å². The Hall–Kier alpha value is -1.36. The van der Waals surface area contributed by atoms with Crippen LogP contribution in [0.4, 0.5) is 5.82 Å². The van der Waals surface area contributed by atoms with E-state index in [1.807, 2.05) is 6.92 Å². The number of aromatic nitrogens is 2. The van der Waals surface area contributed by atoms with Crippen LogP contribution in [0, 0.1) is 0 Å². The van der Waals surface area contributed by atoms with E-state index >= 15 is 0 Å². The summed E-state index contributed by atoms with van der Waals surface area (Å²) in [5.74, 6) is 0.665. The van der Waals surface area contributed by atoms with Crippen molar-refractivity contribution in [3.8, 4) is 0 Å². The summed E-state index contributed by atoms with van der Waals surface area (Å²) < 4.78 is 0. The van der Waals surface area contributed by atoms with Crippen molar-refractivity contribution in [2.45, 2.75) is 19.8 Å². The SMILES string of the molecule is CCCNC(=O)CCNc1cc(Cl)ncn1. The number of hydrogen-bond donors (Lipinski definition) is 2. The molecule has 0 aliphatic rings. The minimum absolute atomic E-state index is 0.0366. The van der Waals surface area contributed by atoms with Gasteiger partial charge in [0.15, 0.2) is 0 Å². The van der Waals surface area contributed by atoms with E-state index in [2.05, 4.69) is 20.6 Å². The van der Waals surface area contributed by atoms with Gasteiger partial charge in [-0.05, 0) is 6.42 Å². The van der Waals surface area contributed by atoms with Crippen molar-refractivity contribution in [3.05, 3.63) is 17.5 Å². The number of carbonyl (C=O) groups excluding carboxylic acids is 1. The molecule has 0 atom stereocenters. The molecule has 0 aliphatic heterocycles. The van der Waals surface area contributed by atoms with E-state index in [-0.39, 0.29) is 5.91 Å². The number of nitrogens with zero attached hydrogens (tertiary/aromatic N) is 2. The highest BCUT2D eigenvalue weighted by atomic mass is 35.5. The van der Waals surface area contributed by atoms with E-state index in [1.54, 1.807) is 6.07 Å². The third kappa shape index (κ3) is 4.93. The van der Waals surface area contributed by atoms with Gasteiger partial charge >= 0.3 is 0 Å². The molecule has 1 aromatic heterocycles. The fourth-order valence-electron chi connectivity index (χ4n) is 1.09. The van der Waals surface area contributed by atoms with Crippen LogP contribution in [-0.2, 0) is 4.79 Å². The highest BCUT2D eigenvalue weighted by molar-refractivity contribution is 6.29. The van der Waals surface area contributed by atoms with Crippen molar-refractivity contribution in [3.63, 3.8) is 0 Å². The molecule has 88 valence electrons. The van der Waals surface area contributed by atoms with Gasteiger partial charge < -0.3 is 10.6 Å². The standard InChI is InChI=1S/C10H15ClN4O/c1-2-4-13-10(16)3-5-12-9-6-8(11)14-7-15-9/h6-7H,2-5H2,1H3,(H,13,16)(H,12,14,15). The Balaban J connectivity index is 2.22. The van der Waals surface area contributed by atoms with E-state index in [9.17, 15) is 4.79 Å². The first kappa shape index (κ1) is 12.7. The second-order valence-electron chi connectivity index (χ2n) is 3.25. The minimum atomic E-state index is 0.0366. The van der Waals surface area contributed by atoms with Crippen LogP contribution in [0.1, 0.15) is 19.8 Å². The number of nitrogens with one attached hydrogen (secondary N) is 2. The van der Waals surface area contributed by atoms with Crippen molar-refractivity contribution in [1.82, 2.24) is 15.3 Å². The van der Waals surface area contributed by atoms with Crippen molar-refractivity contribution in [2.24, 2.45) is 0 Å². The Labute approximate surface area is 99.6 Å². The highest BCUT2D eigenvalue weighted by Gasteiger charge is 2.00. The number of halogens is 1. The molecule has 0 spiro atoms. The predicted octanol–water partition coefficient (Wildman–Crippen LogP) is 1.46. The molecule has 5 nitrogen and oxygen atoms in total. The van der Waals surface area contributed by atoms with Gasteiger partial charge in [-0.2, -0.15) is 0 Å². The summed E-state index contributed by atoms with van der Waals surface area (Å²) in [5, 5.41) is 6.17. The first-order chi connectivity index (χ1) is 7.72. The van der Waals surface area contributed by atoms with E-state index in [1.165, 1.54) is 6.33 Å². The van der Waals surface area contributed by atoms with Gasteiger partial charge in [-0.1, -0.05) is 18.5 Å². The second kappa shape index (κ2) is 7.00. The quantitative estimate of drug-likeness (QED) is 0.742. The summed E-state index contributed by atoms with van der Waals surface area (Å²) in [6.45, 7) is 3.27. The third-order valence-electron chi connectivity index (χ3n) is 1.86. The van der Waals surface area contributed by atoms with Gasteiger partial charge in [0, 0.05) is 25.6 Å². The Morgan fingerprint density at radius 3 is 2.94 bits per heavy atom. The Bertz CT molecular complexity index is 345. The molecule has 6 heteroatoms. The Morgan fingerprint density at radius 1 is 1.44 bits per heavy atom. The maximum atomic E-state index is 11.2. The lowest BCUT2D eigenvalue weighted by molar-refractivity contribution is -0.120. The molecule has 2 N–H and O–H groups in total. The summed E-state index contributed by atoms with van der Waals surface area (Å²) in [5.41, 5.74) is 0. The van der Waals surface area contributed by atoms with Gasteiger partial charge in [-0.15, -0.1) is 0 Å². The summed E-state index contributed by atoms with van der Waals surface area (Å²) in [7, 11) is 0. The van der Waals surface area contributed by atoms with E-state index in [0.29, 0.717) is 23.9 Å². The third-order valence-corrected chi connectivity index (χ3v) is 2.07. The van der Waals surface area contributed by atoms with Gasteiger partial charge in [-0.3, -0.25) is 4.79 Å². The average molecular weight is 243 g/mol. The molecule has 0 aliphatic carbocycles. The number of anilines is 1. The molecule has 16 heavy (non-hydrogen) atoms. The van der Waals surface area contributed by atoms with Crippen LogP contribution < -0.4 is 10.6 Å². The van der Waals surface area contributed by atoms with Gasteiger partial charge in [0.2, 0.25) is 5.91 Å². The molecule has 0 unspecified atom stereocenters. The number of carbonyl (C=O) groups is 1. The largest absolute Gasteiger partial charge is 0.369 e. The Morgan fingerprint density at radius 2 is 2.25 bits per heavy atom. The highest BCUT2D eigenvalue weighted by Crippen LogP contribution is 2.07. The molecule has 1 amide bonds. The smallest absolute Gasteiger partial charge is 0.221 e. The average Bonchev–Trinajstić information content (AvgIpc) is 2.26. The van der Waals surface area contributed by atoms with Crippen LogP contribution in [0.25, 0.3) is 0 Å². The zero-order valence-corrected chi connectivity index (χ0v) is 9.92. The van der Waals surface area contributed by atoms with Crippen molar-refractivity contribution < 1.29 is 4.79 Å². The molecular formula is C10H15ClN4O. The first-order valence-electron chi connectivity index (χ1n) is 5.20. The fraction of sp³-hybridized carbons (Fsp3) is 0.500. The van der Waals surface area contributed by atoms with Gasteiger partial charge in [-0.25, -0.2) is 9.97 Å². The second-order valence-corrected chi connectivity index (χ2v) is 3.64. The molecule has 0 aromatic carbocycles. The van der Waals surface area contributed by atoms with Crippen LogP contribution in [0.5, 0.6) is 0 Å². The molecule has 0 radical (unpaired) electrons. The normalized spacial score (nSPS) is 9.88. The number of hydrogen-bond acceptors (Lipinski definition) is 4. The maximum absolute atomic E-state index is 11.2. The molecule has 0 fully saturated rings. The summed E-state index contributed by atoms with van der Waals surface area (Å²) in [6, 6.07) is 1.62. The molecule has 1 heterocycles. The summed E-state index contributed by atoms with van der Waals surface area (Å²) >= 11 is 5.68. The molecule has 0 saturated heterocycles.